The molecule has 1 N–H and O–H groups in total. The predicted octanol–water partition coefficient (Wildman–Crippen LogP) is 3.45. The van der Waals surface area contributed by atoms with Crippen LogP contribution in [0, 0.1) is 12.7 Å². The Morgan fingerprint density at radius 3 is 2.50 bits per heavy atom. The molecule has 8 heteroatoms. The third-order valence-electron chi connectivity index (χ3n) is 4.44. The Kier molecular flexibility index (Phi) is 5.30. The monoisotopic (exact) mass is 385 g/mol. The fraction of sp³-hybridized carbons (Fsp3) is 0.250. The molecule has 0 radical (unpaired) electrons. The zero-order valence-corrected chi connectivity index (χ0v) is 15.8. The smallest absolute Gasteiger partial charge is 0.339 e. The van der Waals surface area contributed by atoms with E-state index >= 15 is 0 Å². The molecule has 0 bridgehead atoms. The number of carboxylic acids is 1. The number of carboxylic acid groups (broad SMARTS) is 1. The number of hydrogen-bond donors (Lipinski definition) is 1. The van der Waals surface area contributed by atoms with E-state index in [9.17, 15) is 14.0 Å². The maximum atomic E-state index is 13.2. The van der Waals surface area contributed by atoms with Crippen LogP contribution in [0.5, 0.6) is 0 Å². The van der Waals surface area contributed by atoms with Crippen molar-refractivity contribution in [3.8, 4) is 5.69 Å². The van der Waals surface area contributed by atoms with Crippen LogP contribution < -0.4 is 0 Å². The Morgan fingerprint density at radius 1 is 1.25 bits per heavy atom. The number of hydrogen-bond acceptors (Lipinski definition) is 4. The van der Waals surface area contributed by atoms with Crippen molar-refractivity contribution in [3.05, 3.63) is 70.7 Å². The number of aromatic carboxylic acids is 1. The van der Waals surface area contributed by atoms with Crippen molar-refractivity contribution in [2.45, 2.75) is 26.8 Å². The molecule has 0 unspecified atom stereocenters. The highest BCUT2D eigenvalue weighted by Gasteiger charge is 2.22. The summed E-state index contributed by atoms with van der Waals surface area (Å²) in [5.74, 6) is -1.01. The van der Waals surface area contributed by atoms with Crippen LogP contribution in [0.15, 0.2) is 40.9 Å². The summed E-state index contributed by atoms with van der Waals surface area (Å²) >= 11 is 0. The number of amides is 1. The topological polar surface area (TPSA) is 88.6 Å². The summed E-state index contributed by atoms with van der Waals surface area (Å²) in [5, 5.41) is 13.4. The Morgan fingerprint density at radius 2 is 1.93 bits per heavy atom. The van der Waals surface area contributed by atoms with E-state index in [4.69, 9.17) is 9.52 Å². The second kappa shape index (κ2) is 7.67. The molecule has 7 nitrogen and oxygen atoms in total. The molecule has 0 fully saturated rings. The first kappa shape index (κ1) is 19.3. The molecule has 0 atom stereocenters. The SMILES string of the molecule is CCc1c(C(=O)N(C)Cc2cc(C(=O)O)c(C)o2)cnn1-c1ccc(F)cc1. The molecule has 28 heavy (non-hydrogen) atoms. The number of benzene rings is 1. The lowest BCUT2D eigenvalue weighted by Gasteiger charge is -2.16. The summed E-state index contributed by atoms with van der Waals surface area (Å²) in [6, 6.07) is 7.29. The lowest BCUT2D eigenvalue weighted by atomic mass is 10.1. The van der Waals surface area contributed by atoms with E-state index in [2.05, 4.69) is 5.10 Å². The highest BCUT2D eigenvalue weighted by Crippen LogP contribution is 2.20. The van der Waals surface area contributed by atoms with E-state index in [1.54, 1.807) is 30.8 Å². The summed E-state index contributed by atoms with van der Waals surface area (Å²) in [6.45, 7) is 3.59. The van der Waals surface area contributed by atoms with Crippen LogP contribution in [0.1, 0.15) is 44.9 Å². The van der Waals surface area contributed by atoms with Crippen LogP contribution in [0.25, 0.3) is 5.69 Å². The highest BCUT2D eigenvalue weighted by atomic mass is 19.1. The first-order valence-corrected chi connectivity index (χ1v) is 8.72. The van der Waals surface area contributed by atoms with E-state index in [0.717, 1.165) is 0 Å². The number of rotatable bonds is 6. The number of carbonyl (C=O) groups excluding carboxylic acids is 1. The molecule has 0 aliphatic rings. The van der Waals surface area contributed by atoms with Gasteiger partial charge in [0.2, 0.25) is 0 Å². The van der Waals surface area contributed by atoms with E-state index in [1.807, 2.05) is 6.92 Å². The number of nitrogens with zero attached hydrogens (tertiary/aromatic N) is 3. The molecule has 2 heterocycles. The highest BCUT2D eigenvalue weighted by molar-refractivity contribution is 5.95. The van der Waals surface area contributed by atoms with Crippen molar-refractivity contribution >= 4 is 11.9 Å². The van der Waals surface area contributed by atoms with Crippen molar-refractivity contribution in [2.75, 3.05) is 7.05 Å². The van der Waals surface area contributed by atoms with E-state index in [0.29, 0.717) is 34.9 Å². The summed E-state index contributed by atoms with van der Waals surface area (Å²) in [4.78, 5) is 25.5. The molecule has 3 aromatic rings. The normalized spacial score (nSPS) is 10.9. The second-order valence-electron chi connectivity index (χ2n) is 6.40. The maximum absolute atomic E-state index is 13.2. The molecule has 2 aromatic heterocycles. The van der Waals surface area contributed by atoms with Crippen LogP contribution in [-0.2, 0) is 13.0 Å². The molecule has 1 amide bonds. The van der Waals surface area contributed by atoms with Crippen molar-refractivity contribution in [1.82, 2.24) is 14.7 Å². The van der Waals surface area contributed by atoms with Crippen LogP contribution in [0.4, 0.5) is 4.39 Å². The van der Waals surface area contributed by atoms with Crippen molar-refractivity contribution in [3.63, 3.8) is 0 Å². The Balaban J connectivity index is 1.84. The zero-order valence-electron chi connectivity index (χ0n) is 15.8. The first-order chi connectivity index (χ1) is 13.3. The van der Waals surface area contributed by atoms with E-state index in [-0.39, 0.29) is 23.8 Å². The molecule has 0 aliphatic heterocycles. The van der Waals surface area contributed by atoms with Crippen molar-refractivity contribution in [1.29, 1.82) is 0 Å². The van der Waals surface area contributed by atoms with Gasteiger partial charge < -0.3 is 14.4 Å². The van der Waals surface area contributed by atoms with E-state index in [1.165, 1.54) is 29.3 Å². The minimum Gasteiger partial charge on any atom is -0.478 e. The second-order valence-corrected chi connectivity index (χ2v) is 6.40. The largest absolute Gasteiger partial charge is 0.478 e. The van der Waals surface area contributed by atoms with Crippen LogP contribution in [-0.4, -0.2) is 38.7 Å². The minimum absolute atomic E-state index is 0.0780. The minimum atomic E-state index is -1.07. The van der Waals surface area contributed by atoms with Gasteiger partial charge in [0, 0.05) is 7.05 Å². The fourth-order valence-electron chi connectivity index (χ4n) is 3.04. The molecule has 0 aliphatic carbocycles. The van der Waals surface area contributed by atoms with Crippen LogP contribution >= 0.6 is 0 Å². The molecule has 3 rings (SSSR count). The Labute approximate surface area is 161 Å². The third-order valence-corrected chi connectivity index (χ3v) is 4.44. The average Bonchev–Trinajstić information content (AvgIpc) is 3.24. The van der Waals surface area contributed by atoms with Gasteiger partial charge in [0.25, 0.3) is 5.91 Å². The summed E-state index contributed by atoms with van der Waals surface area (Å²) in [5.41, 5.74) is 1.86. The summed E-state index contributed by atoms with van der Waals surface area (Å²) in [7, 11) is 1.61. The van der Waals surface area contributed by atoms with Gasteiger partial charge in [0.1, 0.15) is 22.9 Å². The Hall–Kier alpha value is -3.42. The number of carbonyl (C=O) groups is 2. The zero-order chi connectivity index (χ0) is 20.4. The first-order valence-electron chi connectivity index (χ1n) is 8.72. The average molecular weight is 385 g/mol. The standard InChI is InChI=1S/C20H20FN3O4/c1-4-18-17(10-22-24(18)14-7-5-13(21)6-8-14)19(25)23(3)11-15-9-16(20(26)27)12(2)28-15/h5-10H,4,11H2,1-3H3,(H,26,27). The van der Waals surface area contributed by atoms with Crippen molar-refractivity contribution in [2.24, 2.45) is 0 Å². The third kappa shape index (κ3) is 3.66. The summed E-state index contributed by atoms with van der Waals surface area (Å²) < 4.78 is 20.2. The molecular formula is C20H20FN3O4. The van der Waals surface area contributed by atoms with Gasteiger partial charge in [-0.25, -0.2) is 13.9 Å². The summed E-state index contributed by atoms with van der Waals surface area (Å²) in [6.07, 6.45) is 2.03. The quantitative estimate of drug-likeness (QED) is 0.702. The molecule has 1 aromatic carbocycles. The number of aryl methyl sites for hydroxylation is 1. The van der Waals surface area contributed by atoms with Gasteiger partial charge in [-0.15, -0.1) is 0 Å². The molecule has 146 valence electrons. The van der Waals surface area contributed by atoms with Gasteiger partial charge >= 0.3 is 5.97 Å². The fourth-order valence-corrected chi connectivity index (χ4v) is 3.04. The number of aromatic nitrogens is 2. The predicted molar refractivity (Wildman–Crippen MR) is 99.1 cm³/mol. The maximum Gasteiger partial charge on any atom is 0.339 e. The number of halogens is 1. The molecular weight excluding hydrogens is 365 g/mol. The molecule has 0 saturated heterocycles. The van der Waals surface area contributed by atoms with Crippen LogP contribution in [0.2, 0.25) is 0 Å². The molecule has 0 saturated carbocycles. The van der Waals surface area contributed by atoms with Gasteiger partial charge in [-0.1, -0.05) is 6.92 Å². The van der Waals surface area contributed by atoms with E-state index < -0.39 is 5.97 Å². The molecule has 0 spiro atoms. The van der Waals surface area contributed by atoms with Crippen molar-refractivity contribution < 1.29 is 23.5 Å². The lowest BCUT2D eigenvalue weighted by Crippen LogP contribution is -2.26. The number of furan rings is 1. The van der Waals surface area contributed by atoms with Gasteiger partial charge in [-0.3, -0.25) is 4.79 Å². The Bertz CT molecular complexity index is 1020. The van der Waals surface area contributed by atoms with Gasteiger partial charge in [-0.2, -0.15) is 5.10 Å². The van der Waals surface area contributed by atoms with Gasteiger partial charge in [-0.05, 0) is 43.7 Å². The lowest BCUT2D eigenvalue weighted by molar-refractivity contribution is 0.0694. The van der Waals surface area contributed by atoms with Gasteiger partial charge in [0.15, 0.2) is 0 Å². The van der Waals surface area contributed by atoms with Crippen LogP contribution in [0.3, 0.4) is 0 Å². The van der Waals surface area contributed by atoms with Gasteiger partial charge in [0.05, 0.1) is 29.7 Å².